The molecule has 3 amide bonds. The molecular weight excluding hydrogens is 554 g/mol. The predicted molar refractivity (Wildman–Crippen MR) is 154 cm³/mol. The molecule has 4 rings (SSSR count). The minimum Gasteiger partial charge on any atom is -0.370 e. The summed E-state index contributed by atoms with van der Waals surface area (Å²) in [6, 6.07) is 5.67. The highest BCUT2D eigenvalue weighted by molar-refractivity contribution is 7.09. The van der Waals surface area contributed by atoms with Gasteiger partial charge in [-0.3, -0.25) is 24.8 Å². The van der Waals surface area contributed by atoms with E-state index in [2.05, 4.69) is 25.9 Å². The number of pyridine rings is 1. The molecule has 2 aromatic heterocycles. The van der Waals surface area contributed by atoms with Crippen LogP contribution in [0.1, 0.15) is 57.6 Å². The number of unbranched alkanes of at least 4 members (excludes halogenated alkanes) is 1. The Bertz CT molecular complexity index is 1420. The van der Waals surface area contributed by atoms with Gasteiger partial charge in [0.25, 0.3) is 11.8 Å². The third-order valence-corrected chi connectivity index (χ3v) is 7.81. The number of guanidine groups is 1. The second kappa shape index (κ2) is 13.0. The summed E-state index contributed by atoms with van der Waals surface area (Å²) in [6.45, 7) is 0.844. The van der Waals surface area contributed by atoms with E-state index < -0.39 is 18.0 Å². The Kier molecular flexibility index (Phi) is 9.50. The molecule has 1 fully saturated rings. The Balaban J connectivity index is 1.45. The molecule has 0 aliphatic carbocycles. The molecule has 12 nitrogen and oxygen atoms in total. The molecule has 3 atom stereocenters. The molecule has 0 bridgehead atoms. The lowest BCUT2D eigenvalue weighted by atomic mass is 10.1. The van der Waals surface area contributed by atoms with Gasteiger partial charge in [0.2, 0.25) is 5.91 Å². The van der Waals surface area contributed by atoms with E-state index in [4.69, 9.17) is 28.5 Å². The Morgan fingerprint density at radius 1 is 1.27 bits per heavy atom. The van der Waals surface area contributed by atoms with Gasteiger partial charge in [0.15, 0.2) is 5.96 Å². The summed E-state index contributed by atoms with van der Waals surface area (Å²) in [5.41, 5.74) is 12.8. The molecule has 0 radical (unpaired) electrons. The van der Waals surface area contributed by atoms with Crippen molar-refractivity contribution in [2.45, 2.75) is 43.8 Å². The van der Waals surface area contributed by atoms with E-state index in [1.807, 2.05) is 0 Å². The highest BCUT2D eigenvalue weighted by atomic mass is 35.5. The van der Waals surface area contributed by atoms with E-state index in [1.165, 1.54) is 24.6 Å². The van der Waals surface area contributed by atoms with Crippen LogP contribution in [0.2, 0.25) is 5.02 Å². The van der Waals surface area contributed by atoms with E-state index in [0.717, 1.165) is 10.9 Å². The maximum atomic E-state index is 13.5. The maximum absolute atomic E-state index is 13.5. The highest BCUT2D eigenvalue weighted by Crippen LogP contribution is 2.35. The van der Waals surface area contributed by atoms with Crippen LogP contribution in [-0.4, -0.2) is 70.8 Å². The van der Waals surface area contributed by atoms with Crippen LogP contribution in [0.5, 0.6) is 0 Å². The zero-order valence-corrected chi connectivity index (χ0v) is 23.5. The number of likely N-dealkylation sites (N-methyl/N-ethyl adjacent to an activating group) is 1. The van der Waals surface area contributed by atoms with Crippen LogP contribution in [-0.2, 0) is 4.79 Å². The Morgan fingerprint density at radius 2 is 2.08 bits per heavy atom. The van der Waals surface area contributed by atoms with Gasteiger partial charge in [-0.25, -0.2) is 4.98 Å². The number of nitrogens with two attached hydrogens (primary N) is 2. The number of benzene rings is 1. The lowest BCUT2D eigenvalue weighted by Gasteiger charge is -2.23. The van der Waals surface area contributed by atoms with Gasteiger partial charge >= 0.3 is 0 Å². The van der Waals surface area contributed by atoms with Crippen molar-refractivity contribution < 1.29 is 14.4 Å². The van der Waals surface area contributed by atoms with Gasteiger partial charge in [-0.15, -0.1) is 11.3 Å². The first-order chi connectivity index (χ1) is 19.2. The van der Waals surface area contributed by atoms with Gasteiger partial charge in [0.1, 0.15) is 16.7 Å². The Morgan fingerprint density at radius 3 is 2.83 bits per heavy atom. The fourth-order valence-corrected chi connectivity index (χ4v) is 5.73. The molecule has 3 heterocycles. The third kappa shape index (κ3) is 7.03. The largest absolute Gasteiger partial charge is 0.370 e. The van der Waals surface area contributed by atoms with Crippen molar-refractivity contribution in [3.63, 3.8) is 0 Å². The molecule has 1 aromatic carbocycles. The lowest BCUT2D eigenvalue weighted by Crippen LogP contribution is -2.45. The second-order valence-electron chi connectivity index (χ2n) is 9.58. The second-order valence-corrected chi connectivity index (χ2v) is 10.9. The molecule has 0 unspecified atom stereocenters. The van der Waals surface area contributed by atoms with E-state index in [1.54, 1.807) is 34.5 Å². The quantitative estimate of drug-likeness (QED) is 0.118. The number of thiazole rings is 1. The molecule has 1 aliphatic heterocycles. The van der Waals surface area contributed by atoms with Gasteiger partial charge in [-0.2, -0.15) is 0 Å². The molecular formula is C26H32ClN9O3S. The number of carbonyl (C=O) groups is 3. The molecule has 1 saturated heterocycles. The van der Waals surface area contributed by atoms with Crippen molar-refractivity contribution in [3.8, 4) is 0 Å². The summed E-state index contributed by atoms with van der Waals surface area (Å²) >= 11 is 7.39. The van der Waals surface area contributed by atoms with Gasteiger partial charge in [0.05, 0.1) is 17.1 Å². The zero-order chi connectivity index (χ0) is 28.8. The summed E-state index contributed by atoms with van der Waals surface area (Å²) in [7, 11) is 1.51. The van der Waals surface area contributed by atoms with Crippen molar-refractivity contribution >= 4 is 57.5 Å². The van der Waals surface area contributed by atoms with Crippen molar-refractivity contribution in [2.75, 3.05) is 20.1 Å². The molecule has 8 N–H and O–H groups in total. The fraction of sp³-hybridized carbons (Fsp3) is 0.385. The van der Waals surface area contributed by atoms with Crippen LogP contribution in [0, 0.1) is 5.41 Å². The summed E-state index contributed by atoms with van der Waals surface area (Å²) in [5.74, 6) is -1.13. The van der Waals surface area contributed by atoms with E-state index >= 15 is 0 Å². The molecule has 0 saturated carbocycles. The molecule has 40 heavy (non-hydrogen) atoms. The minimum atomic E-state index is -0.744. The average Bonchev–Trinajstić information content (AvgIpc) is 3.57. The number of nitrogens with one attached hydrogen (secondary N) is 4. The fourth-order valence-electron chi connectivity index (χ4n) is 4.63. The van der Waals surface area contributed by atoms with E-state index in [0.29, 0.717) is 54.4 Å². The highest BCUT2D eigenvalue weighted by Gasteiger charge is 2.37. The van der Waals surface area contributed by atoms with E-state index in [9.17, 15) is 14.4 Å². The van der Waals surface area contributed by atoms with Crippen LogP contribution in [0.15, 0.2) is 35.8 Å². The van der Waals surface area contributed by atoms with Crippen molar-refractivity contribution in [1.29, 1.82) is 5.41 Å². The van der Waals surface area contributed by atoms with Gasteiger partial charge < -0.3 is 32.3 Å². The summed E-state index contributed by atoms with van der Waals surface area (Å²) in [5, 5.41) is 18.8. The zero-order valence-electron chi connectivity index (χ0n) is 21.9. The predicted octanol–water partition coefficient (Wildman–Crippen LogP) is 1.76. The Hall–Kier alpha value is -3.81. The smallest absolute Gasteiger partial charge is 0.271 e. The third-order valence-electron chi connectivity index (χ3n) is 6.63. The Labute approximate surface area is 240 Å². The van der Waals surface area contributed by atoms with Gasteiger partial charge in [-0.05, 0) is 49.9 Å². The number of amides is 3. The maximum Gasteiger partial charge on any atom is 0.271 e. The molecule has 212 valence electrons. The number of nitrogens with zero attached hydrogens (tertiary/aromatic N) is 3. The molecule has 3 aromatic rings. The number of halogens is 1. The first-order valence-electron chi connectivity index (χ1n) is 12.8. The van der Waals surface area contributed by atoms with Gasteiger partial charge in [0, 0.05) is 48.2 Å². The van der Waals surface area contributed by atoms with Crippen LogP contribution < -0.4 is 27.4 Å². The average molecular weight is 586 g/mol. The number of aromatic nitrogens is 2. The summed E-state index contributed by atoms with van der Waals surface area (Å²) in [4.78, 5) is 49.5. The number of hydrogen-bond acceptors (Lipinski definition) is 8. The SMILES string of the molecule is CNC(=O)[C@H](CCCCNC(=N)N)NC(=O)c1csc([C@@H]2C[C@@H](N)CN2C(=O)c2cnc3ccc(Cl)cc3c2)n1. The topological polar surface area (TPSA) is 192 Å². The van der Waals surface area contributed by atoms with E-state index in [-0.39, 0.29) is 29.5 Å². The molecule has 0 spiro atoms. The monoisotopic (exact) mass is 585 g/mol. The van der Waals surface area contributed by atoms with Crippen molar-refractivity contribution in [3.05, 3.63) is 57.1 Å². The minimum absolute atomic E-state index is 0.113. The number of rotatable bonds is 10. The van der Waals surface area contributed by atoms with Crippen LogP contribution in [0.4, 0.5) is 0 Å². The van der Waals surface area contributed by atoms with Crippen LogP contribution in [0.25, 0.3) is 10.9 Å². The molecule has 14 heteroatoms. The first kappa shape index (κ1) is 29.2. The number of hydrogen-bond donors (Lipinski definition) is 6. The molecule has 1 aliphatic rings. The van der Waals surface area contributed by atoms with Crippen LogP contribution in [0.3, 0.4) is 0 Å². The summed E-state index contributed by atoms with van der Waals surface area (Å²) in [6.07, 6.45) is 3.76. The van der Waals surface area contributed by atoms with Crippen LogP contribution >= 0.6 is 22.9 Å². The van der Waals surface area contributed by atoms with Crippen molar-refractivity contribution in [2.24, 2.45) is 11.5 Å². The standard InChI is InChI=1S/C26H32ClN9O3S/c1-31-22(37)19(4-2-3-7-32-26(29)30)34-23(38)20-13-40-24(35-20)21-10-17(28)12-36(21)25(39)15-8-14-9-16(27)5-6-18(14)33-11-15/h5-6,8-9,11,13,17,19,21H,2-4,7,10,12,28H2,1H3,(H,31,37)(H,34,38)(H4,29,30,32)/t17-,19+,21+/m1/s1. The van der Waals surface area contributed by atoms with Gasteiger partial charge in [-0.1, -0.05) is 11.6 Å². The number of fused-ring (bicyclic) bond motifs is 1. The van der Waals surface area contributed by atoms with Crippen molar-refractivity contribution in [1.82, 2.24) is 30.8 Å². The first-order valence-corrected chi connectivity index (χ1v) is 14.1. The summed E-state index contributed by atoms with van der Waals surface area (Å²) < 4.78 is 0. The number of likely N-dealkylation sites (tertiary alicyclic amines) is 1. The number of carbonyl (C=O) groups excluding carboxylic acids is 3. The lowest BCUT2D eigenvalue weighted by molar-refractivity contribution is -0.122. The normalized spacial score (nSPS) is 17.4.